The number of hydrogen-bond acceptors (Lipinski definition) is 4. The molecule has 0 saturated carbocycles. The second-order valence-electron chi connectivity index (χ2n) is 5.12. The van der Waals surface area contributed by atoms with E-state index < -0.39 is 0 Å². The molecule has 1 aromatic heterocycles. The Morgan fingerprint density at radius 1 is 1.43 bits per heavy atom. The van der Waals surface area contributed by atoms with Gasteiger partial charge in [0.1, 0.15) is 5.69 Å². The van der Waals surface area contributed by atoms with Crippen LogP contribution in [0.3, 0.4) is 0 Å². The third-order valence-electron chi connectivity index (χ3n) is 3.30. The summed E-state index contributed by atoms with van der Waals surface area (Å²) in [4.78, 5) is 11.0. The number of aryl methyl sites for hydroxylation is 3. The monoisotopic (exact) mass is 288 g/mol. The number of benzene rings is 1. The minimum absolute atomic E-state index is 0.0898. The Balaban J connectivity index is 2.25. The van der Waals surface area contributed by atoms with Crippen molar-refractivity contribution in [1.82, 2.24) is 9.78 Å². The minimum Gasteiger partial charge on any atom is -0.360 e. The van der Waals surface area contributed by atoms with Gasteiger partial charge in [0.25, 0.3) is 0 Å². The van der Waals surface area contributed by atoms with Gasteiger partial charge in [0.05, 0.1) is 4.92 Å². The molecule has 112 valence electrons. The standard InChI is InChI=1S/C15H20N4O2/c1-4-6-13-14(19(20)21)15(18(3)17-13)16-10-12-8-5-7-11(2)9-12/h5,7-9,16H,4,6,10H2,1-3H3. The van der Waals surface area contributed by atoms with Crippen LogP contribution in [0.5, 0.6) is 0 Å². The highest BCUT2D eigenvalue weighted by atomic mass is 16.6. The van der Waals surface area contributed by atoms with Crippen LogP contribution in [0.15, 0.2) is 24.3 Å². The molecule has 0 radical (unpaired) electrons. The summed E-state index contributed by atoms with van der Waals surface area (Å²) in [5.74, 6) is 0.463. The van der Waals surface area contributed by atoms with E-state index in [0.29, 0.717) is 24.5 Å². The quantitative estimate of drug-likeness (QED) is 0.654. The van der Waals surface area contributed by atoms with Crippen molar-refractivity contribution in [3.8, 4) is 0 Å². The minimum atomic E-state index is -0.351. The first kappa shape index (κ1) is 15.0. The Morgan fingerprint density at radius 2 is 2.19 bits per heavy atom. The fourth-order valence-electron chi connectivity index (χ4n) is 2.37. The number of anilines is 1. The molecule has 0 aliphatic carbocycles. The average molecular weight is 288 g/mol. The van der Waals surface area contributed by atoms with Crippen LogP contribution in [0, 0.1) is 17.0 Å². The second kappa shape index (κ2) is 6.39. The van der Waals surface area contributed by atoms with Crippen LogP contribution in [0.1, 0.15) is 30.2 Å². The fourth-order valence-corrected chi connectivity index (χ4v) is 2.37. The van der Waals surface area contributed by atoms with Gasteiger partial charge >= 0.3 is 5.69 Å². The van der Waals surface area contributed by atoms with Crippen LogP contribution >= 0.6 is 0 Å². The molecule has 0 saturated heterocycles. The lowest BCUT2D eigenvalue weighted by Gasteiger charge is -2.07. The predicted molar refractivity (Wildman–Crippen MR) is 82.4 cm³/mol. The molecule has 1 aromatic carbocycles. The van der Waals surface area contributed by atoms with E-state index in [1.165, 1.54) is 5.56 Å². The lowest BCUT2D eigenvalue weighted by atomic mass is 10.1. The summed E-state index contributed by atoms with van der Waals surface area (Å²) in [6, 6.07) is 8.05. The van der Waals surface area contributed by atoms with Gasteiger partial charge in [-0.05, 0) is 18.9 Å². The Hall–Kier alpha value is -2.37. The summed E-state index contributed by atoms with van der Waals surface area (Å²) in [5, 5.41) is 18.7. The maximum Gasteiger partial charge on any atom is 0.334 e. The first-order chi connectivity index (χ1) is 10.0. The first-order valence-corrected chi connectivity index (χ1v) is 7.02. The summed E-state index contributed by atoms with van der Waals surface area (Å²) < 4.78 is 1.55. The molecule has 6 nitrogen and oxygen atoms in total. The third kappa shape index (κ3) is 3.39. The van der Waals surface area contributed by atoms with Gasteiger partial charge in [-0.15, -0.1) is 0 Å². The van der Waals surface area contributed by atoms with Crippen molar-refractivity contribution in [3.63, 3.8) is 0 Å². The van der Waals surface area contributed by atoms with Crippen LogP contribution in [0.2, 0.25) is 0 Å². The molecule has 2 aromatic rings. The van der Waals surface area contributed by atoms with Gasteiger partial charge in [-0.25, -0.2) is 4.68 Å². The number of hydrogen-bond donors (Lipinski definition) is 1. The lowest BCUT2D eigenvalue weighted by Crippen LogP contribution is -2.06. The molecule has 1 heterocycles. The number of nitro groups is 1. The normalized spacial score (nSPS) is 10.6. The summed E-state index contributed by atoms with van der Waals surface area (Å²) in [5.41, 5.74) is 2.88. The van der Waals surface area contributed by atoms with Crippen LogP contribution in [0.25, 0.3) is 0 Å². The molecule has 2 rings (SSSR count). The maximum absolute atomic E-state index is 11.3. The highest BCUT2D eigenvalue weighted by Gasteiger charge is 2.25. The van der Waals surface area contributed by atoms with Gasteiger partial charge in [0.15, 0.2) is 0 Å². The van der Waals surface area contributed by atoms with E-state index in [4.69, 9.17) is 0 Å². The number of rotatable bonds is 6. The highest BCUT2D eigenvalue weighted by molar-refractivity contribution is 5.60. The van der Waals surface area contributed by atoms with Crippen LogP contribution in [-0.2, 0) is 20.0 Å². The van der Waals surface area contributed by atoms with Crippen molar-refractivity contribution in [1.29, 1.82) is 0 Å². The molecule has 0 amide bonds. The highest BCUT2D eigenvalue weighted by Crippen LogP contribution is 2.29. The smallest absolute Gasteiger partial charge is 0.334 e. The van der Waals surface area contributed by atoms with Gasteiger partial charge in [-0.2, -0.15) is 5.10 Å². The average Bonchev–Trinajstić information content (AvgIpc) is 2.73. The molecule has 1 N–H and O–H groups in total. The van der Waals surface area contributed by atoms with Crippen molar-refractivity contribution < 1.29 is 4.92 Å². The van der Waals surface area contributed by atoms with Gasteiger partial charge < -0.3 is 5.32 Å². The Kier molecular flexibility index (Phi) is 4.57. The van der Waals surface area contributed by atoms with E-state index in [1.807, 2.05) is 32.0 Å². The van der Waals surface area contributed by atoms with Gasteiger partial charge in [0.2, 0.25) is 5.82 Å². The molecule has 0 aliphatic heterocycles. The maximum atomic E-state index is 11.3. The first-order valence-electron chi connectivity index (χ1n) is 7.02. The second-order valence-corrected chi connectivity index (χ2v) is 5.12. The summed E-state index contributed by atoms with van der Waals surface area (Å²) >= 11 is 0. The van der Waals surface area contributed by atoms with E-state index in [2.05, 4.69) is 16.5 Å². The summed E-state index contributed by atoms with van der Waals surface area (Å²) in [7, 11) is 1.73. The summed E-state index contributed by atoms with van der Waals surface area (Å²) in [6.07, 6.45) is 1.44. The zero-order valence-electron chi connectivity index (χ0n) is 12.6. The lowest BCUT2D eigenvalue weighted by molar-refractivity contribution is -0.384. The Morgan fingerprint density at radius 3 is 2.81 bits per heavy atom. The molecule has 0 spiro atoms. The summed E-state index contributed by atoms with van der Waals surface area (Å²) in [6.45, 7) is 4.54. The zero-order chi connectivity index (χ0) is 15.4. The van der Waals surface area contributed by atoms with Crippen molar-refractivity contribution >= 4 is 11.5 Å². The van der Waals surface area contributed by atoms with Gasteiger partial charge in [-0.3, -0.25) is 10.1 Å². The van der Waals surface area contributed by atoms with Crippen LogP contribution < -0.4 is 5.32 Å². The Labute approximate surface area is 123 Å². The van der Waals surface area contributed by atoms with E-state index in [1.54, 1.807) is 11.7 Å². The van der Waals surface area contributed by atoms with E-state index >= 15 is 0 Å². The number of nitrogens with one attached hydrogen (secondary N) is 1. The van der Waals surface area contributed by atoms with Crippen LogP contribution in [0.4, 0.5) is 11.5 Å². The Bertz CT molecular complexity index is 649. The van der Waals surface area contributed by atoms with Crippen LogP contribution in [-0.4, -0.2) is 14.7 Å². The van der Waals surface area contributed by atoms with E-state index in [0.717, 1.165) is 12.0 Å². The molecule has 6 heteroatoms. The molecule has 0 fully saturated rings. The zero-order valence-corrected chi connectivity index (χ0v) is 12.6. The van der Waals surface area contributed by atoms with E-state index in [9.17, 15) is 10.1 Å². The molecule has 0 bridgehead atoms. The molecule has 0 unspecified atom stereocenters. The molecule has 21 heavy (non-hydrogen) atoms. The molecule has 0 aliphatic rings. The SMILES string of the molecule is CCCc1nn(C)c(NCc2cccc(C)c2)c1[N+](=O)[O-]. The molecular formula is C15H20N4O2. The third-order valence-corrected chi connectivity index (χ3v) is 3.30. The number of aromatic nitrogens is 2. The van der Waals surface area contributed by atoms with Crippen molar-refractivity contribution in [2.24, 2.45) is 7.05 Å². The topological polar surface area (TPSA) is 73.0 Å². The molecular weight excluding hydrogens is 268 g/mol. The number of nitrogens with zero attached hydrogens (tertiary/aromatic N) is 3. The van der Waals surface area contributed by atoms with Gasteiger partial charge in [-0.1, -0.05) is 43.2 Å². The van der Waals surface area contributed by atoms with Crippen molar-refractivity contribution in [2.45, 2.75) is 33.2 Å². The van der Waals surface area contributed by atoms with Crippen molar-refractivity contribution in [3.05, 3.63) is 51.2 Å². The molecule has 0 atom stereocenters. The fraction of sp³-hybridized carbons (Fsp3) is 0.400. The van der Waals surface area contributed by atoms with Crippen molar-refractivity contribution in [2.75, 3.05) is 5.32 Å². The largest absolute Gasteiger partial charge is 0.360 e. The predicted octanol–water partition coefficient (Wildman–Crippen LogP) is 3.20. The van der Waals surface area contributed by atoms with Gasteiger partial charge in [0, 0.05) is 13.6 Å². The van der Waals surface area contributed by atoms with E-state index in [-0.39, 0.29) is 10.6 Å².